The highest BCUT2D eigenvalue weighted by Gasteiger charge is 2.35. The molecule has 1 aliphatic carbocycles. The Morgan fingerprint density at radius 1 is 1.43 bits per heavy atom. The Kier molecular flexibility index (Phi) is 5.19. The number of esters is 1. The van der Waals surface area contributed by atoms with Gasteiger partial charge >= 0.3 is 5.97 Å². The topological polar surface area (TPSA) is 70.1 Å². The molecule has 0 radical (unpaired) electrons. The fourth-order valence-electron chi connectivity index (χ4n) is 3.04. The van der Waals surface area contributed by atoms with E-state index in [1.807, 2.05) is 23.3 Å². The summed E-state index contributed by atoms with van der Waals surface area (Å²) < 4.78 is 7.29. The lowest BCUT2D eigenvalue weighted by Gasteiger charge is -2.28. The number of hydrogen-bond donors (Lipinski definition) is 1. The van der Waals surface area contributed by atoms with E-state index in [0.29, 0.717) is 12.4 Å². The van der Waals surface area contributed by atoms with E-state index >= 15 is 0 Å². The molecule has 1 heterocycles. The summed E-state index contributed by atoms with van der Waals surface area (Å²) in [5.74, 6) is 0.898. The molecule has 5 nitrogen and oxygen atoms in total. The van der Waals surface area contributed by atoms with Crippen molar-refractivity contribution < 1.29 is 9.53 Å². The number of carbonyl (C=O) groups is 1. The Labute approximate surface area is 130 Å². The number of aromatic nitrogens is 2. The number of carbonyl (C=O) groups excluding carboxylic acids is 1. The van der Waals surface area contributed by atoms with Crippen molar-refractivity contribution in [2.45, 2.75) is 57.2 Å². The molecule has 118 valence electrons. The van der Waals surface area contributed by atoms with E-state index in [4.69, 9.17) is 10.5 Å². The summed E-state index contributed by atoms with van der Waals surface area (Å²) in [6, 6.07) is 0. The molecule has 1 fully saturated rings. The zero-order valence-electron chi connectivity index (χ0n) is 13.1. The molecule has 0 atom stereocenters. The van der Waals surface area contributed by atoms with Gasteiger partial charge in [0.15, 0.2) is 5.69 Å². The summed E-state index contributed by atoms with van der Waals surface area (Å²) in [6.45, 7) is 4.98. The number of imidazole rings is 1. The highest BCUT2D eigenvalue weighted by molar-refractivity contribution is 8.00. The van der Waals surface area contributed by atoms with E-state index in [-0.39, 0.29) is 10.4 Å². The normalized spacial score (nSPS) is 17.1. The van der Waals surface area contributed by atoms with E-state index < -0.39 is 5.97 Å². The first kappa shape index (κ1) is 16.2. The maximum absolute atomic E-state index is 12.0. The van der Waals surface area contributed by atoms with Crippen molar-refractivity contribution in [3.63, 3.8) is 0 Å². The molecule has 2 rings (SSSR count). The third-order valence-corrected chi connectivity index (χ3v) is 5.67. The third-order valence-electron chi connectivity index (χ3n) is 4.26. The fraction of sp³-hybridized carbons (Fsp3) is 0.733. The number of thioether (sulfide) groups is 1. The van der Waals surface area contributed by atoms with Crippen molar-refractivity contribution in [3.8, 4) is 0 Å². The van der Waals surface area contributed by atoms with Crippen LogP contribution in [-0.2, 0) is 17.7 Å². The van der Waals surface area contributed by atoms with Crippen LogP contribution in [0.2, 0.25) is 0 Å². The van der Waals surface area contributed by atoms with E-state index in [0.717, 1.165) is 18.8 Å². The molecule has 2 N–H and O–H groups in total. The van der Waals surface area contributed by atoms with Crippen LogP contribution in [-0.4, -0.2) is 33.1 Å². The molecule has 1 aliphatic rings. The third kappa shape index (κ3) is 3.20. The molecule has 0 amide bonds. The summed E-state index contributed by atoms with van der Waals surface area (Å²) in [6.07, 6.45) is 7.85. The van der Waals surface area contributed by atoms with Crippen LogP contribution < -0.4 is 5.73 Å². The van der Waals surface area contributed by atoms with E-state index in [1.165, 1.54) is 25.7 Å². The molecule has 0 aromatic carbocycles. The maximum atomic E-state index is 12.0. The van der Waals surface area contributed by atoms with Gasteiger partial charge in [0.25, 0.3) is 0 Å². The van der Waals surface area contributed by atoms with E-state index in [9.17, 15) is 4.79 Å². The first-order valence-corrected chi connectivity index (χ1v) is 8.86. The summed E-state index contributed by atoms with van der Waals surface area (Å²) in [4.78, 5) is 16.4. The number of rotatable bonds is 6. The maximum Gasteiger partial charge on any atom is 0.360 e. The average Bonchev–Trinajstić information content (AvgIpc) is 3.06. The zero-order chi connectivity index (χ0) is 15.5. The lowest BCUT2D eigenvalue weighted by atomic mass is 10.1. The molecule has 0 unspecified atom stereocenters. The number of aryl methyl sites for hydroxylation is 1. The summed E-state index contributed by atoms with van der Waals surface area (Å²) in [7, 11) is 0. The van der Waals surface area contributed by atoms with Gasteiger partial charge in [-0.15, -0.1) is 0 Å². The Morgan fingerprint density at radius 3 is 2.62 bits per heavy atom. The number of anilines is 1. The molecular formula is C15H25N3O2S. The fourth-order valence-corrected chi connectivity index (χ4v) is 4.00. The quantitative estimate of drug-likeness (QED) is 0.818. The van der Waals surface area contributed by atoms with Crippen molar-refractivity contribution in [1.29, 1.82) is 0 Å². The van der Waals surface area contributed by atoms with Crippen LogP contribution in [0.1, 0.15) is 55.8 Å². The molecule has 0 bridgehead atoms. The second-order valence-corrected chi connectivity index (χ2v) is 6.79. The number of nitrogens with two attached hydrogens (primary N) is 1. The minimum Gasteiger partial charge on any atom is -0.461 e. The molecular weight excluding hydrogens is 286 g/mol. The Bertz CT molecular complexity index is 507. The number of nitrogens with zero attached hydrogens (tertiary/aromatic N) is 2. The molecule has 0 saturated heterocycles. The second kappa shape index (κ2) is 6.73. The Hall–Kier alpha value is -1.17. The van der Waals surface area contributed by atoms with Gasteiger partial charge in [0, 0.05) is 17.7 Å². The van der Waals surface area contributed by atoms with Gasteiger partial charge in [-0.05, 0) is 26.0 Å². The van der Waals surface area contributed by atoms with Crippen LogP contribution in [0.15, 0.2) is 0 Å². The standard InChI is InChI=1S/C15H25N3O2S/c1-4-11-17-12(14(19)20-5-2)13(16)18(11)10-15(21-3)8-6-7-9-15/h4-10,16H2,1-3H3. The summed E-state index contributed by atoms with van der Waals surface area (Å²) in [5, 5.41) is 0. The largest absolute Gasteiger partial charge is 0.461 e. The van der Waals surface area contributed by atoms with Crippen molar-refractivity contribution in [1.82, 2.24) is 9.55 Å². The van der Waals surface area contributed by atoms with Crippen LogP contribution in [0.4, 0.5) is 5.82 Å². The number of ether oxygens (including phenoxy) is 1. The van der Waals surface area contributed by atoms with Crippen molar-refractivity contribution in [2.75, 3.05) is 18.6 Å². The van der Waals surface area contributed by atoms with E-state index in [2.05, 4.69) is 11.2 Å². The number of nitrogen functional groups attached to an aromatic ring is 1. The van der Waals surface area contributed by atoms with Crippen molar-refractivity contribution in [2.24, 2.45) is 0 Å². The SMILES string of the molecule is CCOC(=O)c1nc(CC)n(CC2(SC)CCCC2)c1N. The smallest absolute Gasteiger partial charge is 0.360 e. The van der Waals surface area contributed by atoms with Gasteiger partial charge in [0.1, 0.15) is 11.6 Å². The highest BCUT2D eigenvalue weighted by Crippen LogP contribution is 2.42. The van der Waals surface area contributed by atoms with Crippen LogP contribution >= 0.6 is 11.8 Å². The van der Waals surface area contributed by atoms with Gasteiger partial charge in [0.05, 0.1) is 6.61 Å². The molecule has 1 aromatic heterocycles. The first-order chi connectivity index (χ1) is 10.1. The van der Waals surface area contributed by atoms with Gasteiger partial charge < -0.3 is 15.0 Å². The average molecular weight is 311 g/mol. The zero-order valence-corrected chi connectivity index (χ0v) is 14.0. The Balaban J connectivity index is 2.32. The predicted octanol–water partition coefficient (Wildman–Crippen LogP) is 2.88. The molecule has 1 saturated carbocycles. The van der Waals surface area contributed by atoms with Crippen molar-refractivity contribution >= 4 is 23.5 Å². The minimum atomic E-state index is -0.423. The monoisotopic (exact) mass is 311 g/mol. The first-order valence-electron chi connectivity index (χ1n) is 7.64. The van der Waals surface area contributed by atoms with E-state index in [1.54, 1.807) is 6.92 Å². The van der Waals surface area contributed by atoms with Gasteiger partial charge in [-0.2, -0.15) is 11.8 Å². The molecule has 6 heteroatoms. The van der Waals surface area contributed by atoms with Crippen molar-refractivity contribution in [3.05, 3.63) is 11.5 Å². The van der Waals surface area contributed by atoms with Crippen LogP contribution in [0, 0.1) is 0 Å². The Morgan fingerprint density at radius 2 is 2.10 bits per heavy atom. The molecule has 0 spiro atoms. The van der Waals surface area contributed by atoms with Gasteiger partial charge in [-0.25, -0.2) is 9.78 Å². The van der Waals surface area contributed by atoms with Crippen LogP contribution in [0.25, 0.3) is 0 Å². The predicted molar refractivity (Wildman–Crippen MR) is 86.7 cm³/mol. The molecule has 21 heavy (non-hydrogen) atoms. The lowest BCUT2D eigenvalue weighted by molar-refractivity contribution is 0.0521. The van der Waals surface area contributed by atoms with Gasteiger partial charge in [0.2, 0.25) is 0 Å². The van der Waals surface area contributed by atoms with Gasteiger partial charge in [-0.1, -0.05) is 19.8 Å². The van der Waals surface area contributed by atoms with Crippen LogP contribution in [0.5, 0.6) is 0 Å². The van der Waals surface area contributed by atoms with Gasteiger partial charge in [-0.3, -0.25) is 0 Å². The number of hydrogen-bond acceptors (Lipinski definition) is 5. The summed E-state index contributed by atoms with van der Waals surface area (Å²) in [5.41, 5.74) is 6.46. The molecule has 1 aromatic rings. The second-order valence-electron chi connectivity index (χ2n) is 5.52. The minimum absolute atomic E-state index is 0.227. The summed E-state index contributed by atoms with van der Waals surface area (Å²) >= 11 is 1.91. The van der Waals surface area contributed by atoms with Crippen LogP contribution in [0.3, 0.4) is 0 Å². The molecule has 0 aliphatic heterocycles. The lowest BCUT2D eigenvalue weighted by Crippen LogP contribution is -2.28. The highest BCUT2D eigenvalue weighted by atomic mass is 32.2.